The molecule has 2 atom stereocenters. The van der Waals surface area contributed by atoms with Crippen molar-refractivity contribution >= 4 is 11.8 Å². The lowest BCUT2D eigenvalue weighted by Crippen LogP contribution is -2.28. The van der Waals surface area contributed by atoms with Crippen LogP contribution in [0, 0.1) is 5.92 Å². The highest BCUT2D eigenvalue weighted by atomic mass is 32.2. The van der Waals surface area contributed by atoms with Gasteiger partial charge in [-0.15, -0.1) is 11.8 Å². The Labute approximate surface area is 114 Å². The third-order valence-electron chi connectivity index (χ3n) is 4.11. The molecular formula is C15H22N2S. The SMILES string of the molecule is CN1CCC(CNCC2CSc3ccccc32)C1. The molecule has 0 saturated carbocycles. The topological polar surface area (TPSA) is 15.3 Å². The highest BCUT2D eigenvalue weighted by molar-refractivity contribution is 7.99. The minimum atomic E-state index is 0.713. The van der Waals surface area contributed by atoms with E-state index < -0.39 is 0 Å². The molecule has 2 nitrogen and oxygen atoms in total. The predicted molar refractivity (Wildman–Crippen MR) is 78.4 cm³/mol. The van der Waals surface area contributed by atoms with E-state index in [0.29, 0.717) is 5.92 Å². The van der Waals surface area contributed by atoms with Crippen LogP contribution in [0.1, 0.15) is 17.9 Å². The van der Waals surface area contributed by atoms with Gasteiger partial charge in [0.2, 0.25) is 0 Å². The normalized spacial score (nSPS) is 27.6. The molecule has 2 heterocycles. The second-order valence-electron chi connectivity index (χ2n) is 5.62. The van der Waals surface area contributed by atoms with Crippen LogP contribution in [0.4, 0.5) is 0 Å². The van der Waals surface area contributed by atoms with Crippen molar-refractivity contribution < 1.29 is 0 Å². The fourth-order valence-corrected chi connectivity index (χ4v) is 4.31. The third-order valence-corrected chi connectivity index (χ3v) is 5.36. The van der Waals surface area contributed by atoms with Gasteiger partial charge in [0.05, 0.1) is 0 Å². The van der Waals surface area contributed by atoms with Gasteiger partial charge in [0.15, 0.2) is 0 Å². The number of benzene rings is 1. The van der Waals surface area contributed by atoms with Crippen LogP contribution in [0.5, 0.6) is 0 Å². The largest absolute Gasteiger partial charge is 0.316 e. The maximum atomic E-state index is 3.69. The summed E-state index contributed by atoms with van der Waals surface area (Å²) < 4.78 is 0. The fraction of sp³-hybridized carbons (Fsp3) is 0.600. The molecule has 2 aliphatic heterocycles. The van der Waals surface area contributed by atoms with Gasteiger partial charge in [-0.3, -0.25) is 0 Å². The molecule has 0 bridgehead atoms. The van der Waals surface area contributed by atoms with E-state index >= 15 is 0 Å². The molecule has 3 rings (SSSR count). The zero-order chi connectivity index (χ0) is 12.4. The van der Waals surface area contributed by atoms with E-state index in [-0.39, 0.29) is 0 Å². The molecule has 1 aromatic carbocycles. The molecule has 3 heteroatoms. The fourth-order valence-electron chi connectivity index (χ4n) is 3.05. The summed E-state index contributed by atoms with van der Waals surface area (Å²) in [7, 11) is 2.23. The number of nitrogens with zero attached hydrogens (tertiary/aromatic N) is 1. The minimum absolute atomic E-state index is 0.713. The molecule has 1 aromatic rings. The van der Waals surface area contributed by atoms with Crippen LogP contribution in [0.25, 0.3) is 0 Å². The smallest absolute Gasteiger partial charge is 0.0108 e. The maximum absolute atomic E-state index is 3.69. The molecule has 18 heavy (non-hydrogen) atoms. The number of fused-ring (bicyclic) bond motifs is 1. The van der Waals surface area contributed by atoms with Gasteiger partial charge >= 0.3 is 0 Å². The summed E-state index contributed by atoms with van der Waals surface area (Å²) in [6, 6.07) is 8.87. The van der Waals surface area contributed by atoms with Crippen molar-refractivity contribution in [3.05, 3.63) is 29.8 Å². The van der Waals surface area contributed by atoms with Crippen LogP contribution in [-0.4, -0.2) is 43.9 Å². The van der Waals surface area contributed by atoms with Crippen molar-refractivity contribution in [3.8, 4) is 0 Å². The number of rotatable bonds is 4. The zero-order valence-corrected chi connectivity index (χ0v) is 11.9. The van der Waals surface area contributed by atoms with Gasteiger partial charge in [-0.2, -0.15) is 0 Å². The van der Waals surface area contributed by atoms with Gasteiger partial charge in [-0.05, 0) is 44.1 Å². The van der Waals surface area contributed by atoms with E-state index in [9.17, 15) is 0 Å². The average molecular weight is 262 g/mol. The van der Waals surface area contributed by atoms with E-state index in [2.05, 4.69) is 41.5 Å². The van der Waals surface area contributed by atoms with Gasteiger partial charge < -0.3 is 10.2 Å². The number of hydrogen-bond acceptors (Lipinski definition) is 3. The first kappa shape index (κ1) is 12.5. The molecule has 98 valence electrons. The molecule has 1 N–H and O–H groups in total. The van der Waals surface area contributed by atoms with Crippen molar-refractivity contribution in [3.63, 3.8) is 0 Å². The second kappa shape index (κ2) is 5.64. The summed E-state index contributed by atoms with van der Waals surface area (Å²) >= 11 is 2.01. The molecule has 1 saturated heterocycles. The molecule has 0 radical (unpaired) electrons. The summed E-state index contributed by atoms with van der Waals surface area (Å²) in [6.07, 6.45) is 1.36. The quantitative estimate of drug-likeness (QED) is 0.897. The number of hydrogen-bond donors (Lipinski definition) is 1. The van der Waals surface area contributed by atoms with Crippen LogP contribution >= 0.6 is 11.8 Å². The van der Waals surface area contributed by atoms with Gasteiger partial charge in [0, 0.05) is 29.7 Å². The predicted octanol–water partition coefficient (Wildman–Crippen LogP) is 2.42. The van der Waals surface area contributed by atoms with Crippen LogP contribution in [0.2, 0.25) is 0 Å². The molecular weight excluding hydrogens is 240 g/mol. The Hall–Kier alpha value is -0.510. The van der Waals surface area contributed by atoms with Crippen LogP contribution in [0.3, 0.4) is 0 Å². The first-order valence-electron chi connectivity index (χ1n) is 6.94. The Bertz CT molecular complexity index is 407. The Morgan fingerprint density at radius 3 is 3.06 bits per heavy atom. The van der Waals surface area contributed by atoms with Gasteiger partial charge in [-0.25, -0.2) is 0 Å². The maximum Gasteiger partial charge on any atom is 0.0108 e. The summed E-state index contributed by atoms with van der Waals surface area (Å²) in [5, 5.41) is 3.69. The van der Waals surface area contributed by atoms with Crippen molar-refractivity contribution in [2.24, 2.45) is 5.92 Å². The molecule has 0 spiro atoms. The Kier molecular flexibility index (Phi) is 3.92. The van der Waals surface area contributed by atoms with Crippen molar-refractivity contribution in [2.45, 2.75) is 17.2 Å². The van der Waals surface area contributed by atoms with E-state index in [1.165, 1.54) is 36.7 Å². The van der Waals surface area contributed by atoms with Crippen LogP contribution < -0.4 is 5.32 Å². The molecule has 0 aliphatic carbocycles. The Morgan fingerprint density at radius 2 is 2.22 bits per heavy atom. The van der Waals surface area contributed by atoms with Gasteiger partial charge in [0.25, 0.3) is 0 Å². The summed E-state index contributed by atoms with van der Waals surface area (Å²) in [6.45, 7) is 4.87. The molecule has 2 aliphatic rings. The lowest BCUT2D eigenvalue weighted by Gasteiger charge is -2.15. The molecule has 2 unspecified atom stereocenters. The monoisotopic (exact) mass is 262 g/mol. The first-order valence-corrected chi connectivity index (χ1v) is 7.92. The van der Waals surface area contributed by atoms with Crippen molar-refractivity contribution in [1.82, 2.24) is 10.2 Å². The van der Waals surface area contributed by atoms with E-state index in [1.54, 1.807) is 5.56 Å². The highest BCUT2D eigenvalue weighted by Crippen LogP contribution is 2.38. The van der Waals surface area contributed by atoms with Crippen molar-refractivity contribution in [1.29, 1.82) is 0 Å². The lowest BCUT2D eigenvalue weighted by atomic mass is 10.0. The summed E-state index contributed by atoms with van der Waals surface area (Å²) in [4.78, 5) is 3.93. The molecule has 0 aromatic heterocycles. The third kappa shape index (κ3) is 2.73. The highest BCUT2D eigenvalue weighted by Gasteiger charge is 2.23. The number of likely N-dealkylation sites (tertiary alicyclic amines) is 1. The first-order chi connectivity index (χ1) is 8.83. The zero-order valence-electron chi connectivity index (χ0n) is 11.1. The van der Waals surface area contributed by atoms with Gasteiger partial charge in [-0.1, -0.05) is 18.2 Å². The Balaban J connectivity index is 1.47. The minimum Gasteiger partial charge on any atom is -0.316 e. The van der Waals surface area contributed by atoms with Crippen molar-refractivity contribution in [2.75, 3.05) is 39.0 Å². The molecule has 0 amide bonds. The molecule has 1 fully saturated rings. The van der Waals surface area contributed by atoms with E-state index in [4.69, 9.17) is 0 Å². The van der Waals surface area contributed by atoms with Crippen LogP contribution in [0.15, 0.2) is 29.2 Å². The number of nitrogens with one attached hydrogen (secondary N) is 1. The Morgan fingerprint density at radius 1 is 1.33 bits per heavy atom. The lowest BCUT2D eigenvalue weighted by molar-refractivity contribution is 0.387. The number of thioether (sulfide) groups is 1. The van der Waals surface area contributed by atoms with E-state index in [1.807, 2.05) is 11.8 Å². The average Bonchev–Trinajstić information content (AvgIpc) is 2.97. The van der Waals surface area contributed by atoms with Crippen LogP contribution in [-0.2, 0) is 0 Å². The standard InChI is InChI=1S/C15H22N2S/c1-17-7-6-12(10-17)8-16-9-13-11-18-15-5-3-2-4-14(13)15/h2-5,12-13,16H,6-11H2,1H3. The second-order valence-corrected chi connectivity index (χ2v) is 6.68. The van der Waals surface area contributed by atoms with Gasteiger partial charge in [0.1, 0.15) is 0 Å². The summed E-state index contributed by atoms with van der Waals surface area (Å²) in [5.41, 5.74) is 1.55. The summed E-state index contributed by atoms with van der Waals surface area (Å²) in [5.74, 6) is 2.82. The van der Waals surface area contributed by atoms with E-state index in [0.717, 1.165) is 12.5 Å².